The van der Waals surface area contributed by atoms with Gasteiger partial charge in [-0.3, -0.25) is 4.90 Å². The van der Waals surface area contributed by atoms with Gasteiger partial charge in [0.05, 0.1) is 30.2 Å². The van der Waals surface area contributed by atoms with Crippen LogP contribution in [0.4, 0.5) is 10.5 Å². The van der Waals surface area contributed by atoms with Crippen LogP contribution >= 0.6 is 0 Å². The van der Waals surface area contributed by atoms with E-state index in [1.807, 2.05) is 57.2 Å². The molecular formula is C22H26N2O4S. The fourth-order valence-corrected chi connectivity index (χ4v) is 6.24. The van der Waals surface area contributed by atoms with Crippen LogP contribution in [0.15, 0.2) is 42.5 Å². The summed E-state index contributed by atoms with van der Waals surface area (Å²) in [5.74, 6) is 0.743. The third-order valence-electron chi connectivity index (χ3n) is 5.75. The maximum atomic E-state index is 13.4. The van der Waals surface area contributed by atoms with Gasteiger partial charge in [0.1, 0.15) is 5.75 Å². The Hall–Kier alpha value is -2.54. The molecule has 2 amide bonds. The Balaban J connectivity index is 1.68. The molecule has 0 aromatic heterocycles. The average Bonchev–Trinajstić information content (AvgIpc) is 3.10. The zero-order valence-electron chi connectivity index (χ0n) is 17.0. The van der Waals surface area contributed by atoms with Crippen molar-refractivity contribution in [2.45, 2.75) is 39.4 Å². The lowest BCUT2D eigenvalue weighted by atomic mass is 10.0. The summed E-state index contributed by atoms with van der Waals surface area (Å²) in [6.07, 6.45) is 0. The largest absolute Gasteiger partial charge is 0.494 e. The molecule has 2 aromatic carbocycles. The molecule has 2 aliphatic rings. The monoisotopic (exact) mass is 414 g/mol. The molecular weight excluding hydrogens is 388 g/mol. The number of sulfone groups is 1. The number of aryl methyl sites for hydroxylation is 2. The van der Waals surface area contributed by atoms with Gasteiger partial charge in [-0.25, -0.2) is 13.2 Å². The molecule has 29 heavy (non-hydrogen) atoms. The van der Waals surface area contributed by atoms with E-state index in [1.54, 1.807) is 9.80 Å². The van der Waals surface area contributed by atoms with Crippen LogP contribution in [0.1, 0.15) is 23.6 Å². The van der Waals surface area contributed by atoms with Gasteiger partial charge in [-0.05, 0) is 56.2 Å². The van der Waals surface area contributed by atoms with Gasteiger partial charge in [0.25, 0.3) is 0 Å². The smallest absolute Gasteiger partial charge is 0.325 e. The van der Waals surface area contributed by atoms with Gasteiger partial charge in [-0.2, -0.15) is 0 Å². The highest BCUT2D eigenvalue weighted by molar-refractivity contribution is 7.91. The molecule has 0 N–H and O–H groups in total. The van der Waals surface area contributed by atoms with E-state index >= 15 is 0 Å². The van der Waals surface area contributed by atoms with Crippen molar-refractivity contribution in [3.8, 4) is 5.75 Å². The summed E-state index contributed by atoms with van der Waals surface area (Å²) >= 11 is 0. The number of carbonyl (C=O) groups is 1. The molecule has 2 aromatic rings. The fourth-order valence-electron chi connectivity index (χ4n) is 4.29. The lowest BCUT2D eigenvalue weighted by molar-refractivity contribution is 0.205. The van der Waals surface area contributed by atoms with Crippen LogP contribution in [0.2, 0.25) is 0 Å². The third kappa shape index (κ3) is 3.71. The number of amides is 2. The van der Waals surface area contributed by atoms with Gasteiger partial charge in [0.15, 0.2) is 9.84 Å². The molecule has 6 nitrogen and oxygen atoms in total. The molecule has 2 aliphatic heterocycles. The summed E-state index contributed by atoms with van der Waals surface area (Å²) in [6, 6.07) is 12.6. The maximum Gasteiger partial charge on any atom is 0.325 e. The molecule has 2 atom stereocenters. The Morgan fingerprint density at radius 2 is 1.72 bits per heavy atom. The second-order valence-corrected chi connectivity index (χ2v) is 10.0. The molecule has 0 bridgehead atoms. The highest BCUT2D eigenvalue weighted by Gasteiger charge is 2.53. The van der Waals surface area contributed by atoms with Crippen LogP contribution in [0, 0.1) is 13.8 Å². The van der Waals surface area contributed by atoms with E-state index in [4.69, 9.17) is 4.74 Å². The summed E-state index contributed by atoms with van der Waals surface area (Å²) < 4.78 is 30.3. The zero-order chi connectivity index (χ0) is 20.8. The first-order valence-corrected chi connectivity index (χ1v) is 11.7. The van der Waals surface area contributed by atoms with Crippen molar-refractivity contribution in [3.05, 3.63) is 59.2 Å². The molecule has 0 spiro atoms. The van der Waals surface area contributed by atoms with Crippen LogP contribution in [-0.4, -0.2) is 49.5 Å². The lowest BCUT2D eigenvalue weighted by Crippen LogP contribution is -2.37. The van der Waals surface area contributed by atoms with E-state index in [2.05, 4.69) is 6.07 Å². The molecule has 2 heterocycles. The normalized spacial score (nSPS) is 22.8. The van der Waals surface area contributed by atoms with Crippen molar-refractivity contribution >= 4 is 21.6 Å². The van der Waals surface area contributed by atoms with Crippen LogP contribution in [0.5, 0.6) is 5.75 Å². The summed E-state index contributed by atoms with van der Waals surface area (Å²) in [4.78, 5) is 16.7. The van der Waals surface area contributed by atoms with E-state index in [0.29, 0.717) is 18.8 Å². The van der Waals surface area contributed by atoms with Gasteiger partial charge < -0.3 is 9.64 Å². The minimum absolute atomic E-state index is 0.0000816. The van der Waals surface area contributed by atoms with Gasteiger partial charge in [0, 0.05) is 12.2 Å². The molecule has 0 aliphatic carbocycles. The van der Waals surface area contributed by atoms with E-state index in [1.165, 1.54) is 0 Å². The molecule has 154 valence electrons. The van der Waals surface area contributed by atoms with Crippen LogP contribution < -0.4 is 9.64 Å². The number of anilines is 1. The van der Waals surface area contributed by atoms with Crippen molar-refractivity contribution in [1.82, 2.24) is 4.90 Å². The molecule has 0 saturated carbocycles. The third-order valence-corrected chi connectivity index (χ3v) is 7.45. The number of fused-ring (bicyclic) bond motifs is 1. The minimum Gasteiger partial charge on any atom is -0.494 e. The number of nitrogens with zero attached hydrogens (tertiary/aromatic N) is 2. The molecule has 4 rings (SSSR count). The Bertz CT molecular complexity index is 1030. The van der Waals surface area contributed by atoms with E-state index in [0.717, 1.165) is 22.4 Å². The number of ether oxygens (including phenoxy) is 1. The Kier molecular flexibility index (Phi) is 5.02. The quantitative estimate of drug-likeness (QED) is 0.704. The molecule has 0 unspecified atom stereocenters. The summed E-state index contributed by atoms with van der Waals surface area (Å²) in [5, 5.41) is 0. The van der Waals surface area contributed by atoms with Crippen LogP contribution in [0.25, 0.3) is 0 Å². The van der Waals surface area contributed by atoms with Gasteiger partial charge in [-0.15, -0.1) is 0 Å². The van der Waals surface area contributed by atoms with Crippen molar-refractivity contribution in [3.63, 3.8) is 0 Å². The first kappa shape index (κ1) is 19.8. The molecule has 0 radical (unpaired) electrons. The van der Waals surface area contributed by atoms with E-state index in [9.17, 15) is 13.2 Å². The second kappa shape index (κ2) is 7.37. The first-order valence-electron chi connectivity index (χ1n) is 9.88. The van der Waals surface area contributed by atoms with Gasteiger partial charge in [-0.1, -0.05) is 23.8 Å². The topological polar surface area (TPSA) is 66.9 Å². The molecule has 2 saturated heterocycles. The standard InChI is InChI=1S/C22H26N2O4S/c1-4-28-19-9-7-18(8-10-19)24-21-14-29(26,27)13-20(21)23(22(24)25)12-17-11-15(2)5-6-16(17)3/h5-11,20-21H,4,12-14H2,1-3H3/t20-,21-/m0/s1. The molecule has 7 heteroatoms. The molecule has 2 fully saturated rings. The number of carbonyl (C=O) groups excluding carboxylic acids is 1. The Morgan fingerprint density at radius 1 is 1.03 bits per heavy atom. The highest BCUT2D eigenvalue weighted by Crippen LogP contribution is 2.36. The first-order chi connectivity index (χ1) is 13.8. The number of hydrogen-bond acceptors (Lipinski definition) is 4. The fraction of sp³-hybridized carbons (Fsp3) is 0.409. The summed E-state index contributed by atoms with van der Waals surface area (Å²) in [7, 11) is -3.19. The number of hydrogen-bond donors (Lipinski definition) is 0. The van der Waals surface area contributed by atoms with Crippen LogP contribution in [0.3, 0.4) is 0 Å². The average molecular weight is 415 g/mol. The van der Waals surface area contributed by atoms with Crippen LogP contribution in [-0.2, 0) is 16.4 Å². The Labute approximate surface area is 172 Å². The number of rotatable bonds is 5. The predicted octanol–water partition coefficient (Wildman–Crippen LogP) is 3.31. The Morgan fingerprint density at radius 3 is 2.41 bits per heavy atom. The SMILES string of the molecule is CCOc1ccc(N2C(=O)N(Cc3cc(C)ccc3C)[C@H]3CS(=O)(=O)C[C@@H]32)cc1. The van der Waals surface area contributed by atoms with Crippen molar-refractivity contribution in [2.75, 3.05) is 23.0 Å². The predicted molar refractivity (Wildman–Crippen MR) is 113 cm³/mol. The second-order valence-electron chi connectivity index (χ2n) is 7.85. The maximum absolute atomic E-state index is 13.4. The lowest BCUT2D eigenvalue weighted by Gasteiger charge is -2.23. The van der Waals surface area contributed by atoms with E-state index in [-0.39, 0.29) is 29.6 Å². The summed E-state index contributed by atoms with van der Waals surface area (Å²) in [5.41, 5.74) is 3.97. The van der Waals surface area contributed by atoms with Gasteiger partial charge in [0.2, 0.25) is 0 Å². The van der Waals surface area contributed by atoms with Gasteiger partial charge >= 0.3 is 6.03 Å². The number of urea groups is 1. The minimum atomic E-state index is -3.19. The van der Waals surface area contributed by atoms with Crippen molar-refractivity contribution in [1.29, 1.82) is 0 Å². The van der Waals surface area contributed by atoms with Crippen molar-refractivity contribution in [2.24, 2.45) is 0 Å². The van der Waals surface area contributed by atoms with E-state index < -0.39 is 9.84 Å². The summed E-state index contributed by atoms with van der Waals surface area (Å²) in [6.45, 7) is 6.92. The zero-order valence-corrected chi connectivity index (χ0v) is 17.8. The highest BCUT2D eigenvalue weighted by atomic mass is 32.2. The van der Waals surface area contributed by atoms with Crippen molar-refractivity contribution < 1.29 is 17.9 Å². The number of benzene rings is 2.